The van der Waals surface area contributed by atoms with Crippen LogP contribution in [0.5, 0.6) is 0 Å². The standard InChI is InChI=1S/C21H15F3N4OS/c1-13-10-18(26-19(29)15-8-5-9-16(11-15)21(22,23)24)28(27-13)20-25-17(12-30-20)14-6-3-2-4-7-14/h2-12H,1H3,(H,26,29). The van der Waals surface area contributed by atoms with Crippen LogP contribution >= 0.6 is 11.3 Å². The number of rotatable bonds is 4. The highest BCUT2D eigenvalue weighted by Crippen LogP contribution is 2.30. The Morgan fingerprint density at radius 3 is 2.57 bits per heavy atom. The Labute approximate surface area is 173 Å². The number of amides is 1. The summed E-state index contributed by atoms with van der Waals surface area (Å²) in [4.78, 5) is 17.1. The van der Waals surface area contributed by atoms with E-state index in [9.17, 15) is 18.0 Å². The van der Waals surface area contributed by atoms with Gasteiger partial charge in [-0.1, -0.05) is 36.4 Å². The van der Waals surface area contributed by atoms with Crippen molar-refractivity contribution in [2.24, 2.45) is 0 Å². The molecule has 9 heteroatoms. The molecule has 152 valence electrons. The maximum Gasteiger partial charge on any atom is 0.416 e. The summed E-state index contributed by atoms with van der Waals surface area (Å²) in [6.45, 7) is 1.75. The number of carbonyl (C=O) groups excluding carboxylic acids is 1. The average Bonchev–Trinajstić information content (AvgIpc) is 3.35. The third kappa shape index (κ3) is 4.11. The highest BCUT2D eigenvalue weighted by Gasteiger charge is 2.31. The topological polar surface area (TPSA) is 59.8 Å². The van der Waals surface area contributed by atoms with Crippen LogP contribution in [-0.4, -0.2) is 20.7 Å². The molecule has 1 N–H and O–H groups in total. The molecule has 0 aliphatic rings. The van der Waals surface area contributed by atoms with Crippen LogP contribution in [0.15, 0.2) is 66.0 Å². The molecule has 0 bridgehead atoms. The van der Waals surface area contributed by atoms with E-state index in [1.54, 1.807) is 13.0 Å². The minimum absolute atomic E-state index is 0.0978. The maximum atomic E-state index is 12.9. The third-order valence-electron chi connectivity index (χ3n) is 4.27. The van der Waals surface area contributed by atoms with Gasteiger partial charge in [-0.3, -0.25) is 4.79 Å². The van der Waals surface area contributed by atoms with Crippen LogP contribution in [0.2, 0.25) is 0 Å². The summed E-state index contributed by atoms with van der Waals surface area (Å²) in [5.41, 5.74) is 1.36. The zero-order valence-electron chi connectivity index (χ0n) is 15.6. The number of benzene rings is 2. The van der Waals surface area contributed by atoms with E-state index in [0.29, 0.717) is 16.6 Å². The Bertz CT molecular complexity index is 1200. The minimum atomic E-state index is -4.52. The number of carbonyl (C=O) groups is 1. The Morgan fingerprint density at radius 1 is 1.07 bits per heavy atom. The maximum absolute atomic E-state index is 12.9. The van der Waals surface area contributed by atoms with Gasteiger partial charge < -0.3 is 5.32 Å². The van der Waals surface area contributed by atoms with Gasteiger partial charge in [-0.2, -0.15) is 23.0 Å². The van der Waals surface area contributed by atoms with Crippen LogP contribution in [0.3, 0.4) is 0 Å². The predicted octanol–water partition coefficient (Wildman–Crippen LogP) is 5.58. The van der Waals surface area contributed by atoms with Crippen LogP contribution in [0.1, 0.15) is 21.6 Å². The van der Waals surface area contributed by atoms with Crippen LogP contribution in [0.25, 0.3) is 16.4 Å². The number of hydrogen-bond donors (Lipinski definition) is 1. The first kappa shape index (κ1) is 19.8. The van der Waals surface area contributed by atoms with Gasteiger partial charge in [0, 0.05) is 22.6 Å². The van der Waals surface area contributed by atoms with Crippen molar-refractivity contribution < 1.29 is 18.0 Å². The van der Waals surface area contributed by atoms with Crippen molar-refractivity contribution in [3.05, 3.63) is 82.9 Å². The summed E-state index contributed by atoms with van der Waals surface area (Å²) in [6, 6.07) is 15.5. The number of nitrogens with one attached hydrogen (secondary N) is 1. The Kier molecular flexibility index (Phi) is 5.13. The highest BCUT2D eigenvalue weighted by atomic mass is 32.1. The second kappa shape index (κ2) is 7.75. The molecule has 0 radical (unpaired) electrons. The van der Waals surface area contributed by atoms with Gasteiger partial charge in [0.05, 0.1) is 17.0 Å². The lowest BCUT2D eigenvalue weighted by atomic mass is 10.1. The SMILES string of the molecule is Cc1cc(NC(=O)c2cccc(C(F)(F)F)c2)n(-c2nc(-c3ccccc3)cs2)n1. The van der Waals surface area contributed by atoms with Gasteiger partial charge in [-0.25, -0.2) is 4.98 Å². The van der Waals surface area contributed by atoms with Gasteiger partial charge in [-0.05, 0) is 25.1 Å². The average molecular weight is 428 g/mol. The summed E-state index contributed by atoms with van der Waals surface area (Å²) in [5.74, 6) is -0.342. The monoisotopic (exact) mass is 428 g/mol. The van der Waals surface area contributed by atoms with E-state index in [4.69, 9.17) is 0 Å². The summed E-state index contributed by atoms with van der Waals surface area (Å²) < 4.78 is 40.3. The molecule has 0 fully saturated rings. The van der Waals surface area contributed by atoms with Gasteiger partial charge in [0.2, 0.25) is 5.13 Å². The molecule has 0 saturated carbocycles. The van der Waals surface area contributed by atoms with Gasteiger partial charge in [0.15, 0.2) is 0 Å². The summed E-state index contributed by atoms with van der Waals surface area (Å²) in [7, 11) is 0. The quantitative estimate of drug-likeness (QED) is 0.462. The fourth-order valence-electron chi connectivity index (χ4n) is 2.86. The second-order valence-electron chi connectivity index (χ2n) is 6.50. The van der Waals surface area contributed by atoms with Crippen molar-refractivity contribution >= 4 is 23.1 Å². The van der Waals surface area contributed by atoms with Gasteiger partial charge in [0.25, 0.3) is 5.91 Å². The number of aryl methyl sites for hydroxylation is 1. The van der Waals surface area contributed by atoms with Crippen LogP contribution in [0.4, 0.5) is 19.0 Å². The number of halogens is 3. The van der Waals surface area contributed by atoms with E-state index in [1.165, 1.54) is 28.2 Å². The molecule has 0 atom stereocenters. The number of aromatic nitrogens is 3. The van der Waals surface area contributed by atoms with Crippen molar-refractivity contribution in [3.8, 4) is 16.4 Å². The number of alkyl halides is 3. The fourth-order valence-corrected chi connectivity index (χ4v) is 3.66. The fraction of sp³-hybridized carbons (Fsp3) is 0.0952. The minimum Gasteiger partial charge on any atom is -0.306 e. The van der Waals surface area contributed by atoms with Crippen molar-refractivity contribution in [1.29, 1.82) is 0 Å². The molecule has 30 heavy (non-hydrogen) atoms. The van der Waals surface area contributed by atoms with E-state index >= 15 is 0 Å². The summed E-state index contributed by atoms with van der Waals surface area (Å²) >= 11 is 1.34. The molecule has 0 unspecified atom stereocenters. The van der Waals surface area contributed by atoms with Gasteiger partial charge in [0.1, 0.15) is 5.82 Å². The van der Waals surface area contributed by atoms with E-state index < -0.39 is 17.6 Å². The normalized spacial score (nSPS) is 11.5. The summed E-state index contributed by atoms with van der Waals surface area (Å²) in [5, 5.41) is 9.40. The molecule has 0 aliphatic carbocycles. The number of nitrogens with zero attached hydrogens (tertiary/aromatic N) is 3. The molecule has 2 heterocycles. The van der Waals surface area contributed by atoms with E-state index in [-0.39, 0.29) is 5.56 Å². The van der Waals surface area contributed by atoms with Crippen molar-refractivity contribution in [3.63, 3.8) is 0 Å². The molecule has 0 spiro atoms. The number of anilines is 1. The molecular weight excluding hydrogens is 413 g/mol. The first-order valence-corrected chi connectivity index (χ1v) is 9.76. The van der Waals surface area contributed by atoms with Crippen LogP contribution in [0, 0.1) is 6.92 Å². The molecular formula is C21H15F3N4OS. The Morgan fingerprint density at radius 2 is 1.83 bits per heavy atom. The van der Waals surface area contributed by atoms with Gasteiger partial charge in [-0.15, -0.1) is 11.3 Å². The molecule has 5 nitrogen and oxygen atoms in total. The molecule has 1 amide bonds. The van der Waals surface area contributed by atoms with Crippen molar-refractivity contribution in [1.82, 2.24) is 14.8 Å². The highest BCUT2D eigenvalue weighted by molar-refractivity contribution is 7.12. The van der Waals surface area contributed by atoms with Crippen LogP contribution in [-0.2, 0) is 6.18 Å². The largest absolute Gasteiger partial charge is 0.416 e. The second-order valence-corrected chi connectivity index (χ2v) is 7.33. The lowest BCUT2D eigenvalue weighted by Gasteiger charge is -2.09. The number of hydrogen-bond acceptors (Lipinski definition) is 4. The number of thiazole rings is 1. The zero-order chi connectivity index (χ0) is 21.3. The zero-order valence-corrected chi connectivity index (χ0v) is 16.5. The van der Waals surface area contributed by atoms with Crippen LogP contribution < -0.4 is 5.32 Å². The smallest absolute Gasteiger partial charge is 0.306 e. The Balaban J connectivity index is 1.62. The van der Waals surface area contributed by atoms with E-state index in [1.807, 2.05) is 35.7 Å². The van der Waals surface area contributed by atoms with Gasteiger partial charge >= 0.3 is 6.18 Å². The lowest BCUT2D eigenvalue weighted by Crippen LogP contribution is -2.16. The van der Waals surface area contributed by atoms with Crippen molar-refractivity contribution in [2.45, 2.75) is 13.1 Å². The molecule has 0 saturated heterocycles. The molecule has 2 aromatic heterocycles. The first-order chi connectivity index (χ1) is 14.3. The molecule has 4 aromatic rings. The van der Waals surface area contributed by atoms with E-state index in [0.717, 1.165) is 23.4 Å². The molecule has 0 aliphatic heterocycles. The first-order valence-electron chi connectivity index (χ1n) is 8.88. The molecule has 4 rings (SSSR count). The van der Waals surface area contributed by atoms with E-state index in [2.05, 4.69) is 15.4 Å². The van der Waals surface area contributed by atoms with Crippen molar-refractivity contribution in [2.75, 3.05) is 5.32 Å². The third-order valence-corrected chi connectivity index (χ3v) is 5.08. The summed E-state index contributed by atoms with van der Waals surface area (Å²) in [6.07, 6.45) is -4.52. The molecule has 2 aromatic carbocycles. The Hall–Kier alpha value is -3.46. The lowest BCUT2D eigenvalue weighted by molar-refractivity contribution is -0.137. The predicted molar refractivity (Wildman–Crippen MR) is 109 cm³/mol.